The zero-order chi connectivity index (χ0) is 17.5. The van der Waals surface area contributed by atoms with E-state index in [1.165, 1.54) is 12.1 Å². The summed E-state index contributed by atoms with van der Waals surface area (Å²) in [4.78, 5) is 23.1. The minimum atomic E-state index is -3.70. The lowest BCUT2D eigenvalue weighted by Gasteiger charge is -2.08. The first kappa shape index (κ1) is 19.1. The largest absolute Gasteiger partial charge is 0.348 e. The van der Waals surface area contributed by atoms with E-state index in [0.29, 0.717) is 18.9 Å². The number of primary sulfonamides is 1. The van der Waals surface area contributed by atoms with Crippen molar-refractivity contribution in [1.29, 1.82) is 0 Å². The van der Waals surface area contributed by atoms with E-state index in [1.54, 1.807) is 12.1 Å². The summed E-state index contributed by atoms with van der Waals surface area (Å²) in [5.74, 6) is -0.858. The zero-order valence-corrected chi connectivity index (χ0v) is 14.2. The van der Waals surface area contributed by atoms with Gasteiger partial charge in [-0.3, -0.25) is 9.59 Å². The Morgan fingerprint density at radius 3 is 2.04 bits per heavy atom. The quantitative estimate of drug-likeness (QED) is 0.612. The van der Waals surface area contributed by atoms with Gasteiger partial charge in [0.2, 0.25) is 10.0 Å². The van der Waals surface area contributed by atoms with Crippen molar-refractivity contribution in [2.45, 2.75) is 31.6 Å². The predicted molar refractivity (Wildman–Crippen MR) is 87.0 cm³/mol. The van der Waals surface area contributed by atoms with Crippen molar-refractivity contribution < 1.29 is 18.0 Å². The van der Waals surface area contributed by atoms with E-state index in [2.05, 4.69) is 10.6 Å². The van der Waals surface area contributed by atoms with Gasteiger partial charge in [0, 0.05) is 13.1 Å². The van der Waals surface area contributed by atoms with E-state index in [9.17, 15) is 18.0 Å². The lowest BCUT2D eigenvalue weighted by Crippen LogP contribution is -2.41. The molecule has 0 bridgehead atoms. The monoisotopic (exact) mass is 341 g/mol. The van der Waals surface area contributed by atoms with Crippen molar-refractivity contribution in [1.82, 2.24) is 10.6 Å². The highest BCUT2D eigenvalue weighted by Gasteiger charge is 2.12. The minimum absolute atomic E-state index is 0.0369. The maximum absolute atomic E-state index is 11.6. The van der Waals surface area contributed by atoms with E-state index in [0.717, 1.165) is 12.0 Å². The first-order chi connectivity index (χ1) is 10.7. The Morgan fingerprint density at radius 1 is 1.04 bits per heavy atom. The van der Waals surface area contributed by atoms with Gasteiger partial charge in [-0.15, -0.1) is 0 Å². The van der Waals surface area contributed by atoms with Gasteiger partial charge < -0.3 is 10.6 Å². The molecular formula is C15H23N3O4S. The van der Waals surface area contributed by atoms with Gasteiger partial charge in [0.25, 0.3) is 0 Å². The Labute approximate surface area is 136 Å². The summed E-state index contributed by atoms with van der Waals surface area (Å²) in [7, 11) is -3.70. The minimum Gasteiger partial charge on any atom is -0.348 e. The molecule has 0 aliphatic rings. The normalized spacial score (nSPS) is 11.3. The summed E-state index contributed by atoms with van der Waals surface area (Å²) in [6.07, 6.45) is 1.30. The third-order valence-electron chi connectivity index (χ3n) is 3.16. The Morgan fingerprint density at radius 2 is 1.57 bits per heavy atom. The molecule has 1 aromatic carbocycles. The Bertz CT molecular complexity index is 639. The molecule has 0 aromatic heterocycles. The van der Waals surface area contributed by atoms with E-state index < -0.39 is 21.8 Å². The van der Waals surface area contributed by atoms with Gasteiger partial charge >= 0.3 is 11.8 Å². The standard InChI is InChI=1S/C15H23N3O4S/c1-11(2)7-9-17-14(19)15(20)18-10-8-12-3-5-13(6-4-12)23(16,21)22/h3-6,11H,7-10H2,1-2H3,(H,17,19)(H,18,20)(H2,16,21,22). The summed E-state index contributed by atoms with van der Waals surface area (Å²) < 4.78 is 22.3. The van der Waals surface area contributed by atoms with Crippen LogP contribution in [0.25, 0.3) is 0 Å². The second-order valence-electron chi connectivity index (χ2n) is 5.63. The molecule has 1 aromatic rings. The molecule has 0 spiro atoms. The number of hydrogen-bond donors (Lipinski definition) is 3. The highest BCUT2D eigenvalue weighted by atomic mass is 32.2. The molecule has 0 aliphatic heterocycles. The lowest BCUT2D eigenvalue weighted by atomic mass is 10.1. The van der Waals surface area contributed by atoms with Crippen LogP contribution >= 0.6 is 0 Å². The number of nitrogens with two attached hydrogens (primary N) is 1. The van der Waals surface area contributed by atoms with E-state index in [1.807, 2.05) is 13.8 Å². The molecule has 7 nitrogen and oxygen atoms in total. The first-order valence-corrected chi connectivity index (χ1v) is 8.92. The summed E-state index contributed by atoms with van der Waals surface area (Å²) >= 11 is 0. The van der Waals surface area contributed by atoms with Crippen molar-refractivity contribution in [3.8, 4) is 0 Å². The number of hydrogen-bond acceptors (Lipinski definition) is 4. The molecule has 8 heteroatoms. The number of rotatable bonds is 7. The molecular weight excluding hydrogens is 318 g/mol. The number of benzene rings is 1. The van der Waals surface area contributed by atoms with Crippen LogP contribution in [0.4, 0.5) is 0 Å². The van der Waals surface area contributed by atoms with Gasteiger partial charge in [0.05, 0.1) is 4.90 Å². The number of sulfonamides is 1. The van der Waals surface area contributed by atoms with E-state index in [4.69, 9.17) is 5.14 Å². The molecule has 128 valence electrons. The first-order valence-electron chi connectivity index (χ1n) is 7.38. The molecule has 0 atom stereocenters. The van der Waals surface area contributed by atoms with Crippen LogP contribution in [0.2, 0.25) is 0 Å². The average molecular weight is 341 g/mol. The molecule has 0 saturated heterocycles. The Kier molecular flexibility index (Phi) is 7.18. The van der Waals surface area contributed by atoms with E-state index in [-0.39, 0.29) is 11.4 Å². The van der Waals surface area contributed by atoms with E-state index >= 15 is 0 Å². The van der Waals surface area contributed by atoms with Crippen LogP contribution in [0.15, 0.2) is 29.2 Å². The van der Waals surface area contributed by atoms with Crippen LogP contribution in [-0.2, 0) is 26.0 Å². The van der Waals surface area contributed by atoms with Crippen LogP contribution in [0.1, 0.15) is 25.8 Å². The van der Waals surface area contributed by atoms with Crippen LogP contribution in [0.5, 0.6) is 0 Å². The Balaban J connectivity index is 2.36. The second kappa shape index (κ2) is 8.64. The molecule has 0 fully saturated rings. The highest BCUT2D eigenvalue weighted by Crippen LogP contribution is 2.08. The number of amides is 2. The van der Waals surface area contributed by atoms with Crippen molar-refractivity contribution in [3.63, 3.8) is 0 Å². The average Bonchev–Trinajstić information content (AvgIpc) is 2.46. The van der Waals surface area contributed by atoms with Crippen molar-refractivity contribution in [2.75, 3.05) is 13.1 Å². The molecule has 23 heavy (non-hydrogen) atoms. The molecule has 0 unspecified atom stereocenters. The molecule has 0 saturated carbocycles. The van der Waals surface area contributed by atoms with Gasteiger partial charge in [-0.2, -0.15) is 0 Å². The lowest BCUT2D eigenvalue weighted by molar-refractivity contribution is -0.139. The maximum atomic E-state index is 11.6. The van der Waals surface area contributed by atoms with Gasteiger partial charge in [-0.1, -0.05) is 26.0 Å². The van der Waals surface area contributed by atoms with Crippen LogP contribution in [-0.4, -0.2) is 33.3 Å². The number of carbonyl (C=O) groups is 2. The summed E-state index contributed by atoms with van der Waals surface area (Å²) in [5.41, 5.74) is 0.831. The number of carbonyl (C=O) groups excluding carboxylic acids is 2. The van der Waals surface area contributed by atoms with Crippen molar-refractivity contribution >= 4 is 21.8 Å². The highest BCUT2D eigenvalue weighted by molar-refractivity contribution is 7.89. The SMILES string of the molecule is CC(C)CCNC(=O)C(=O)NCCc1ccc(S(N)(=O)=O)cc1. The van der Waals surface area contributed by atoms with Crippen molar-refractivity contribution in [3.05, 3.63) is 29.8 Å². The molecule has 0 aliphatic carbocycles. The smallest absolute Gasteiger partial charge is 0.309 e. The van der Waals surface area contributed by atoms with Gasteiger partial charge in [-0.25, -0.2) is 13.6 Å². The third-order valence-corrected chi connectivity index (χ3v) is 4.09. The summed E-state index contributed by atoms with van der Waals surface area (Å²) in [6, 6.07) is 6.05. The molecule has 1 rings (SSSR count). The Hall–Kier alpha value is -1.93. The zero-order valence-electron chi connectivity index (χ0n) is 13.3. The molecule has 4 N–H and O–H groups in total. The molecule has 0 radical (unpaired) electrons. The van der Waals surface area contributed by atoms with Crippen LogP contribution in [0, 0.1) is 5.92 Å². The third kappa shape index (κ3) is 7.25. The molecule has 2 amide bonds. The fourth-order valence-corrected chi connectivity index (χ4v) is 2.32. The number of nitrogens with one attached hydrogen (secondary N) is 2. The second-order valence-corrected chi connectivity index (χ2v) is 7.19. The predicted octanol–water partition coefficient (Wildman–Crippen LogP) is 0.155. The van der Waals surface area contributed by atoms with Gasteiger partial charge in [0.15, 0.2) is 0 Å². The fourth-order valence-electron chi connectivity index (χ4n) is 1.80. The maximum Gasteiger partial charge on any atom is 0.309 e. The van der Waals surface area contributed by atoms with Crippen LogP contribution in [0.3, 0.4) is 0 Å². The summed E-state index contributed by atoms with van der Waals surface area (Å²) in [5, 5.41) is 10.1. The van der Waals surface area contributed by atoms with Crippen LogP contribution < -0.4 is 15.8 Å². The van der Waals surface area contributed by atoms with Crippen molar-refractivity contribution in [2.24, 2.45) is 11.1 Å². The van der Waals surface area contributed by atoms with Gasteiger partial charge in [0.1, 0.15) is 0 Å². The molecule has 0 heterocycles. The summed E-state index contributed by atoms with van der Waals surface area (Å²) in [6.45, 7) is 4.82. The fraction of sp³-hybridized carbons (Fsp3) is 0.467. The van der Waals surface area contributed by atoms with Gasteiger partial charge in [-0.05, 0) is 36.5 Å². The topological polar surface area (TPSA) is 118 Å².